The van der Waals surface area contributed by atoms with Crippen molar-refractivity contribution in [1.82, 2.24) is 4.57 Å². The summed E-state index contributed by atoms with van der Waals surface area (Å²) in [4.78, 5) is 0. The first-order valence-electron chi connectivity index (χ1n) is 22.2. The maximum absolute atomic E-state index is 2.41. The molecule has 1 heterocycles. The minimum Gasteiger partial charge on any atom is -0.309 e. The SMILES string of the molecule is C(=C(/c1ccc(-c2ccccc2)cc1)c1ccc(-c2ccc3c(c2)c2ccccc2n3-c2ccccc2)cc1)/c1ccc2c(c1)-c1ccccc1C2(c1ccccc1)c1ccccc1. The summed E-state index contributed by atoms with van der Waals surface area (Å²) < 4.78 is 2.37. The van der Waals surface area contributed by atoms with E-state index in [4.69, 9.17) is 0 Å². The molecular formula is C63H43N. The quantitative estimate of drug-likeness (QED) is 0.135. The Kier molecular flexibility index (Phi) is 9.13. The van der Waals surface area contributed by atoms with Crippen molar-refractivity contribution in [3.63, 3.8) is 0 Å². The van der Waals surface area contributed by atoms with E-state index in [9.17, 15) is 0 Å². The van der Waals surface area contributed by atoms with Gasteiger partial charge in [0.1, 0.15) is 0 Å². The second kappa shape index (κ2) is 15.6. The number of para-hydroxylation sites is 2. The maximum atomic E-state index is 2.41. The van der Waals surface area contributed by atoms with E-state index >= 15 is 0 Å². The van der Waals surface area contributed by atoms with Crippen LogP contribution in [0.15, 0.2) is 255 Å². The highest BCUT2D eigenvalue weighted by molar-refractivity contribution is 6.10. The van der Waals surface area contributed by atoms with Gasteiger partial charge in [-0.1, -0.05) is 218 Å². The second-order valence-corrected chi connectivity index (χ2v) is 16.8. The normalized spacial score (nSPS) is 12.9. The highest BCUT2D eigenvalue weighted by Crippen LogP contribution is 2.56. The van der Waals surface area contributed by atoms with Crippen molar-refractivity contribution in [3.8, 4) is 39.1 Å². The number of rotatable bonds is 8. The van der Waals surface area contributed by atoms with Crippen molar-refractivity contribution in [2.24, 2.45) is 0 Å². The van der Waals surface area contributed by atoms with Crippen LogP contribution in [0.5, 0.6) is 0 Å². The molecule has 1 aliphatic carbocycles. The molecule has 1 nitrogen and oxygen atoms in total. The Morgan fingerprint density at radius 1 is 0.344 bits per heavy atom. The summed E-state index contributed by atoms with van der Waals surface area (Å²) >= 11 is 0. The first kappa shape index (κ1) is 37.5. The molecular weight excluding hydrogens is 771 g/mol. The topological polar surface area (TPSA) is 4.93 Å². The molecule has 0 bridgehead atoms. The van der Waals surface area contributed by atoms with Crippen LogP contribution in [-0.2, 0) is 5.41 Å². The number of nitrogens with zero attached hydrogens (tertiary/aromatic N) is 1. The number of benzene rings is 10. The third-order valence-electron chi connectivity index (χ3n) is 13.3. The average Bonchev–Trinajstić information content (AvgIpc) is 3.87. The fraction of sp³-hybridized carbons (Fsp3) is 0.0159. The lowest BCUT2D eigenvalue weighted by atomic mass is 9.67. The largest absolute Gasteiger partial charge is 0.309 e. The molecule has 64 heavy (non-hydrogen) atoms. The van der Waals surface area contributed by atoms with Crippen LogP contribution in [0.25, 0.3) is 72.5 Å². The van der Waals surface area contributed by atoms with Gasteiger partial charge in [-0.25, -0.2) is 0 Å². The zero-order chi connectivity index (χ0) is 42.5. The van der Waals surface area contributed by atoms with E-state index in [0.29, 0.717) is 0 Å². The highest BCUT2D eigenvalue weighted by atomic mass is 15.0. The molecule has 11 aromatic rings. The Balaban J connectivity index is 0.985. The van der Waals surface area contributed by atoms with Gasteiger partial charge in [0.15, 0.2) is 0 Å². The number of hydrogen-bond donors (Lipinski definition) is 0. The van der Waals surface area contributed by atoms with Gasteiger partial charge in [-0.15, -0.1) is 0 Å². The van der Waals surface area contributed by atoms with Gasteiger partial charge in [-0.2, -0.15) is 0 Å². The second-order valence-electron chi connectivity index (χ2n) is 16.8. The van der Waals surface area contributed by atoms with Crippen LogP contribution in [0, 0.1) is 0 Å². The lowest BCUT2D eigenvalue weighted by Crippen LogP contribution is -2.28. The third-order valence-corrected chi connectivity index (χ3v) is 13.3. The summed E-state index contributed by atoms with van der Waals surface area (Å²) in [6, 6.07) is 93.3. The molecule has 0 unspecified atom stereocenters. The summed E-state index contributed by atoms with van der Waals surface area (Å²) in [7, 11) is 0. The zero-order valence-electron chi connectivity index (χ0n) is 35.3. The Bertz CT molecular complexity index is 3450. The van der Waals surface area contributed by atoms with Crippen LogP contribution in [0.1, 0.15) is 38.9 Å². The molecule has 10 aromatic carbocycles. The Labute approximate surface area is 374 Å². The fourth-order valence-corrected chi connectivity index (χ4v) is 10.4. The van der Waals surface area contributed by atoms with Gasteiger partial charge in [-0.05, 0) is 120 Å². The van der Waals surface area contributed by atoms with E-state index in [1.165, 1.54) is 99.8 Å². The molecule has 1 aromatic heterocycles. The van der Waals surface area contributed by atoms with Crippen LogP contribution in [-0.4, -0.2) is 4.57 Å². The first-order valence-corrected chi connectivity index (χ1v) is 22.2. The van der Waals surface area contributed by atoms with E-state index in [0.717, 1.165) is 5.56 Å². The van der Waals surface area contributed by atoms with Crippen LogP contribution in [0.2, 0.25) is 0 Å². The van der Waals surface area contributed by atoms with E-state index in [2.05, 4.69) is 265 Å². The first-order chi connectivity index (χ1) is 31.7. The van der Waals surface area contributed by atoms with Gasteiger partial charge in [0.2, 0.25) is 0 Å². The fourth-order valence-electron chi connectivity index (χ4n) is 10.4. The summed E-state index contributed by atoms with van der Waals surface area (Å²) in [6.07, 6.45) is 2.38. The molecule has 12 rings (SSSR count). The van der Waals surface area contributed by atoms with E-state index in [-0.39, 0.29) is 0 Å². The van der Waals surface area contributed by atoms with E-state index in [1.807, 2.05) is 0 Å². The zero-order valence-corrected chi connectivity index (χ0v) is 35.3. The molecule has 1 heteroatoms. The van der Waals surface area contributed by atoms with Crippen LogP contribution in [0.3, 0.4) is 0 Å². The van der Waals surface area contributed by atoms with Crippen molar-refractivity contribution >= 4 is 33.5 Å². The van der Waals surface area contributed by atoms with Crippen molar-refractivity contribution < 1.29 is 0 Å². The van der Waals surface area contributed by atoms with Gasteiger partial charge in [0.05, 0.1) is 16.4 Å². The molecule has 0 fully saturated rings. The number of hydrogen-bond acceptors (Lipinski definition) is 0. The molecule has 0 spiro atoms. The van der Waals surface area contributed by atoms with E-state index in [1.54, 1.807) is 0 Å². The summed E-state index contributed by atoms with van der Waals surface area (Å²) in [5.41, 5.74) is 20.4. The Morgan fingerprint density at radius 3 is 1.52 bits per heavy atom. The Morgan fingerprint density at radius 2 is 0.844 bits per heavy atom. The number of fused-ring (bicyclic) bond motifs is 6. The predicted molar refractivity (Wildman–Crippen MR) is 269 cm³/mol. The van der Waals surface area contributed by atoms with Gasteiger partial charge in [-0.3, -0.25) is 0 Å². The predicted octanol–water partition coefficient (Wildman–Crippen LogP) is 16.1. The molecule has 0 saturated heterocycles. The highest BCUT2D eigenvalue weighted by Gasteiger charge is 2.45. The van der Waals surface area contributed by atoms with Crippen LogP contribution >= 0.6 is 0 Å². The molecule has 0 N–H and O–H groups in total. The van der Waals surface area contributed by atoms with Crippen LogP contribution < -0.4 is 0 Å². The standard InChI is InChI=1S/C63H43N/c1-5-17-45(18-6-1)46-30-34-48(35-31-46)56(49-36-32-47(33-37-49)50-38-40-62-58(43-50)55-26-14-16-28-61(55)64(62)53-23-11-4-12-24-53)41-44-29-39-60-57(42-44)54-25-13-15-27-59(54)63(60,51-19-7-2-8-20-51)52-21-9-3-10-22-52/h1-43H/b56-41+. The summed E-state index contributed by atoms with van der Waals surface area (Å²) in [5.74, 6) is 0. The lowest BCUT2D eigenvalue weighted by molar-refractivity contribution is 0.768. The minimum atomic E-state index is -0.428. The number of aromatic nitrogens is 1. The molecule has 300 valence electrons. The molecule has 0 atom stereocenters. The molecule has 0 amide bonds. The van der Waals surface area contributed by atoms with Gasteiger partial charge < -0.3 is 4.57 Å². The lowest BCUT2D eigenvalue weighted by Gasteiger charge is -2.33. The average molecular weight is 814 g/mol. The smallest absolute Gasteiger partial charge is 0.0713 e. The molecule has 0 radical (unpaired) electrons. The monoisotopic (exact) mass is 813 g/mol. The third kappa shape index (κ3) is 6.16. The Hall–Kier alpha value is -8.26. The molecule has 1 aliphatic rings. The van der Waals surface area contributed by atoms with Crippen molar-refractivity contribution in [3.05, 3.63) is 294 Å². The van der Waals surface area contributed by atoms with Crippen molar-refractivity contribution in [2.75, 3.05) is 0 Å². The van der Waals surface area contributed by atoms with Gasteiger partial charge in [0, 0.05) is 16.5 Å². The summed E-state index contributed by atoms with van der Waals surface area (Å²) in [6.45, 7) is 0. The maximum Gasteiger partial charge on any atom is 0.0713 e. The minimum absolute atomic E-state index is 0.428. The van der Waals surface area contributed by atoms with E-state index < -0.39 is 5.41 Å². The summed E-state index contributed by atoms with van der Waals surface area (Å²) in [5, 5.41) is 2.51. The molecule has 0 saturated carbocycles. The van der Waals surface area contributed by atoms with Crippen molar-refractivity contribution in [1.29, 1.82) is 0 Å². The van der Waals surface area contributed by atoms with Gasteiger partial charge >= 0.3 is 0 Å². The molecule has 0 aliphatic heterocycles. The van der Waals surface area contributed by atoms with Crippen molar-refractivity contribution in [2.45, 2.75) is 5.41 Å². The van der Waals surface area contributed by atoms with Crippen LogP contribution in [0.4, 0.5) is 0 Å². The van der Waals surface area contributed by atoms with Gasteiger partial charge in [0.25, 0.3) is 0 Å².